The van der Waals surface area contributed by atoms with E-state index in [1.54, 1.807) is 24.4 Å². The molecule has 1 heterocycles. The molecule has 1 amide bonds. The lowest BCUT2D eigenvalue weighted by Crippen LogP contribution is -2.04. The molecule has 0 saturated heterocycles. The monoisotopic (exact) mass is 412 g/mol. The molecule has 156 valence electrons. The first kappa shape index (κ1) is 21.4. The van der Waals surface area contributed by atoms with Gasteiger partial charge < -0.3 is 10.1 Å². The number of benzene rings is 2. The Bertz CT molecular complexity index is 1070. The van der Waals surface area contributed by atoms with Crippen molar-refractivity contribution in [3.63, 3.8) is 0 Å². The SMILES string of the molecule is Cc1cc2nccc(Oc3ccc(CC(=O)CCCCF)c(F)c3)c2cc1NC=O. The topological polar surface area (TPSA) is 68.3 Å². The van der Waals surface area contributed by atoms with Gasteiger partial charge in [-0.1, -0.05) is 6.07 Å². The predicted molar refractivity (Wildman–Crippen MR) is 111 cm³/mol. The maximum atomic E-state index is 14.5. The number of hydrogen-bond donors (Lipinski definition) is 1. The van der Waals surface area contributed by atoms with E-state index in [4.69, 9.17) is 4.74 Å². The lowest BCUT2D eigenvalue weighted by atomic mass is 10.0. The van der Waals surface area contributed by atoms with E-state index in [-0.39, 0.29) is 29.9 Å². The summed E-state index contributed by atoms with van der Waals surface area (Å²) in [5.74, 6) is 0.0769. The second-order valence-electron chi connectivity index (χ2n) is 6.97. The molecule has 0 fully saturated rings. The zero-order valence-electron chi connectivity index (χ0n) is 16.6. The normalized spacial score (nSPS) is 10.8. The number of alkyl halides is 1. The quantitative estimate of drug-likeness (QED) is 0.363. The van der Waals surface area contributed by atoms with Gasteiger partial charge in [-0.25, -0.2) is 4.39 Å². The van der Waals surface area contributed by atoms with Crippen LogP contribution in [0, 0.1) is 12.7 Å². The molecule has 30 heavy (non-hydrogen) atoms. The molecule has 0 aliphatic rings. The first-order valence-corrected chi connectivity index (χ1v) is 9.65. The van der Waals surface area contributed by atoms with Gasteiger partial charge in [0, 0.05) is 36.2 Å². The minimum Gasteiger partial charge on any atom is -0.456 e. The first-order chi connectivity index (χ1) is 14.5. The summed E-state index contributed by atoms with van der Waals surface area (Å²) in [5.41, 5.74) is 2.44. The molecular formula is C23H22F2N2O3. The number of Topliss-reactive ketones (excluding diaryl/α,β-unsaturated/α-hetero) is 1. The number of hydrogen-bond acceptors (Lipinski definition) is 4. The highest BCUT2D eigenvalue weighted by Gasteiger charge is 2.12. The van der Waals surface area contributed by atoms with Gasteiger partial charge in [0.25, 0.3) is 0 Å². The summed E-state index contributed by atoms with van der Waals surface area (Å²) in [4.78, 5) is 27.0. The van der Waals surface area contributed by atoms with Crippen molar-refractivity contribution < 1.29 is 23.1 Å². The third kappa shape index (κ3) is 5.17. The van der Waals surface area contributed by atoms with Gasteiger partial charge in [-0.3, -0.25) is 19.0 Å². The number of ether oxygens (including phenoxy) is 1. The van der Waals surface area contributed by atoms with Crippen LogP contribution in [0.3, 0.4) is 0 Å². The van der Waals surface area contributed by atoms with E-state index in [0.29, 0.717) is 41.6 Å². The number of carbonyl (C=O) groups excluding carboxylic acids is 2. The van der Waals surface area contributed by atoms with Crippen LogP contribution in [0.5, 0.6) is 11.5 Å². The molecule has 0 aliphatic carbocycles. The van der Waals surface area contributed by atoms with Crippen molar-refractivity contribution in [1.29, 1.82) is 0 Å². The summed E-state index contributed by atoms with van der Waals surface area (Å²) < 4.78 is 32.5. The summed E-state index contributed by atoms with van der Waals surface area (Å²) >= 11 is 0. The number of anilines is 1. The number of ketones is 1. The van der Waals surface area contributed by atoms with Gasteiger partial charge in [0.1, 0.15) is 23.1 Å². The van der Waals surface area contributed by atoms with Gasteiger partial charge in [0.05, 0.1) is 12.2 Å². The number of carbonyl (C=O) groups is 2. The van der Waals surface area contributed by atoms with Crippen LogP contribution in [-0.2, 0) is 16.0 Å². The van der Waals surface area contributed by atoms with Crippen LogP contribution in [0.2, 0.25) is 0 Å². The summed E-state index contributed by atoms with van der Waals surface area (Å²) in [6, 6.07) is 9.58. The van der Waals surface area contributed by atoms with Crippen LogP contribution < -0.4 is 10.1 Å². The van der Waals surface area contributed by atoms with Crippen LogP contribution in [0.15, 0.2) is 42.6 Å². The molecule has 0 atom stereocenters. The molecular weight excluding hydrogens is 390 g/mol. The summed E-state index contributed by atoms with van der Waals surface area (Å²) in [5, 5.41) is 3.30. The number of rotatable bonds is 10. The number of halogens is 2. The molecule has 2 aromatic carbocycles. The molecule has 0 radical (unpaired) electrons. The average Bonchev–Trinajstić information content (AvgIpc) is 2.71. The lowest BCUT2D eigenvalue weighted by Gasteiger charge is -2.12. The molecule has 3 rings (SSSR count). The second kappa shape index (κ2) is 9.91. The highest BCUT2D eigenvalue weighted by Crippen LogP contribution is 2.32. The number of nitrogens with zero attached hydrogens (tertiary/aromatic N) is 1. The fourth-order valence-electron chi connectivity index (χ4n) is 3.16. The lowest BCUT2D eigenvalue weighted by molar-refractivity contribution is -0.118. The fourth-order valence-corrected chi connectivity index (χ4v) is 3.16. The van der Waals surface area contributed by atoms with Crippen molar-refractivity contribution in [2.75, 3.05) is 12.0 Å². The van der Waals surface area contributed by atoms with Crippen molar-refractivity contribution in [2.45, 2.75) is 32.6 Å². The Kier molecular flexibility index (Phi) is 7.06. The highest BCUT2D eigenvalue weighted by molar-refractivity contribution is 5.91. The number of aryl methyl sites for hydroxylation is 1. The molecule has 0 unspecified atom stereocenters. The summed E-state index contributed by atoms with van der Waals surface area (Å²) in [7, 11) is 0. The smallest absolute Gasteiger partial charge is 0.211 e. The van der Waals surface area contributed by atoms with E-state index in [2.05, 4.69) is 10.3 Å². The predicted octanol–water partition coefficient (Wildman–Crippen LogP) is 5.29. The molecule has 0 bridgehead atoms. The zero-order chi connectivity index (χ0) is 21.5. The number of amides is 1. The molecule has 1 N–H and O–H groups in total. The second-order valence-corrected chi connectivity index (χ2v) is 6.97. The van der Waals surface area contributed by atoms with E-state index in [1.807, 2.05) is 13.0 Å². The van der Waals surface area contributed by atoms with Crippen LogP contribution >= 0.6 is 0 Å². The first-order valence-electron chi connectivity index (χ1n) is 9.65. The van der Waals surface area contributed by atoms with E-state index in [0.717, 1.165) is 5.56 Å². The number of nitrogens with one attached hydrogen (secondary N) is 1. The van der Waals surface area contributed by atoms with Gasteiger partial charge in [0.15, 0.2) is 0 Å². The van der Waals surface area contributed by atoms with Crippen molar-refractivity contribution >= 4 is 28.8 Å². The minimum atomic E-state index is -0.538. The van der Waals surface area contributed by atoms with Crippen LogP contribution in [0.4, 0.5) is 14.5 Å². The molecule has 7 heteroatoms. The number of fused-ring (bicyclic) bond motifs is 1. The number of unbranched alkanes of at least 4 members (excludes halogenated alkanes) is 1. The molecule has 0 saturated carbocycles. The van der Waals surface area contributed by atoms with Crippen molar-refractivity contribution in [2.24, 2.45) is 0 Å². The Hall–Kier alpha value is -3.35. The van der Waals surface area contributed by atoms with E-state index < -0.39 is 12.5 Å². The molecule has 0 spiro atoms. The van der Waals surface area contributed by atoms with Gasteiger partial charge in [-0.15, -0.1) is 0 Å². The standard InChI is InChI=1S/C23H22F2N2O3/c1-15-10-22-19(13-21(15)27-14-28)23(7-9-26-22)30-18-6-5-16(20(25)12-18)11-17(29)4-2-3-8-24/h5-7,9-10,12-14H,2-4,8,11H2,1H3,(H,27,28). The van der Waals surface area contributed by atoms with Crippen molar-refractivity contribution in [3.05, 3.63) is 59.5 Å². The number of aromatic nitrogens is 1. The Balaban J connectivity index is 1.80. The third-order valence-corrected chi connectivity index (χ3v) is 4.74. The molecule has 0 aliphatic heterocycles. The summed E-state index contributed by atoms with van der Waals surface area (Å²) in [6.07, 6.45) is 3.19. The van der Waals surface area contributed by atoms with E-state index in [9.17, 15) is 18.4 Å². The molecule has 3 aromatic rings. The van der Waals surface area contributed by atoms with Crippen LogP contribution in [-0.4, -0.2) is 23.9 Å². The Morgan fingerprint density at radius 1 is 1.20 bits per heavy atom. The third-order valence-electron chi connectivity index (χ3n) is 4.74. The fraction of sp³-hybridized carbons (Fsp3) is 0.261. The van der Waals surface area contributed by atoms with E-state index >= 15 is 0 Å². The maximum absolute atomic E-state index is 14.5. The van der Waals surface area contributed by atoms with Crippen molar-refractivity contribution in [1.82, 2.24) is 4.98 Å². The Morgan fingerprint density at radius 3 is 2.77 bits per heavy atom. The average molecular weight is 412 g/mol. The van der Waals surface area contributed by atoms with Gasteiger partial charge in [-0.2, -0.15) is 0 Å². The Morgan fingerprint density at radius 2 is 2.03 bits per heavy atom. The van der Waals surface area contributed by atoms with Gasteiger partial charge in [-0.05, 0) is 55.2 Å². The number of pyridine rings is 1. The minimum absolute atomic E-state index is 0.0312. The van der Waals surface area contributed by atoms with Gasteiger partial charge >= 0.3 is 0 Å². The molecule has 1 aromatic heterocycles. The maximum Gasteiger partial charge on any atom is 0.211 e. The highest BCUT2D eigenvalue weighted by atomic mass is 19.1. The zero-order valence-corrected chi connectivity index (χ0v) is 16.6. The largest absolute Gasteiger partial charge is 0.456 e. The molecule has 5 nitrogen and oxygen atoms in total. The van der Waals surface area contributed by atoms with Crippen molar-refractivity contribution in [3.8, 4) is 11.5 Å². The van der Waals surface area contributed by atoms with Crippen LogP contribution in [0.1, 0.15) is 30.4 Å². The summed E-state index contributed by atoms with van der Waals surface area (Å²) in [6.45, 7) is 1.40. The Labute approximate surface area is 173 Å². The van der Waals surface area contributed by atoms with Gasteiger partial charge in [0.2, 0.25) is 6.41 Å². The van der Waals surface area contributed by atoms with Crippen LogP contribution in [0.25, 0.3) is 10.9 Å². The van der Waals surface area contributed by atoms with E-state index in [1.165, 1.54) is 12.1 Å².